The topological polar surface area (TPSA) is 89.9 Å². The standard InChI is InChI=1S/C6H8F2O6S2/c7-6(8,16(10,11)12)5(9)14-4-3-15-2-1-13-4/h4H,1-3H2,(H,10,11,12). The van der Waals surface area contributed by atoms with E-state index >= 15 is 0 Å². The Labute approximate surface area is 94.0 Å². The molecular formula is C6H8F2O6S2. The first kappa shape index (κ1) is 13.6. The van der Waals surface area contributed by atoms with E-state index in [1.807, 2.05) is 0 Å². The molecular weight excluding hydrogens is 270 g/mol. The molecule has 0 radical (unpaired) electrons. The van der Waals surface area contributed by atoms with Crippen molar-refractivity contribution in [3.8, 4) is 0 Å². The summed E-state index contributed by atoms with van der Waals surface area (Å²) in [6, 6.07) is 0. The third kappa shape index (κ3) is 3.03. The lowest BCUT2D eigenvalue weighted by Gasteiger charge is -2.23. The SMILES string of the molecule is O=C(OC1CSCCO1)C(F)(F)S(=O)(=O)O. The van der Waals surface area contributed by atoms with E-state index in [2.05, 4.69) is 4.74 Å². The van der Waals surface area contributed by atoms with Gasteiger partial charge in [-0.3, -0.25) is 4.55 Å². The highest BCUT2D eigenvalue weighted by Gasteiger charge is 2.55. The van der Waals surface area contributed by atoms with Crippen molar-refractivity contribution in [1.82, 2.24) is 0 Å². The Balaban J connectivity index is 2.64. The van der Waals surface area contributed by atoms with Gasteiger partial charge in [-0.2, -0.15) is 29.0 Å². The smallest absolute Gasteiger partial charge is 0.429 e. The molecule has 6 nitrogen and oxygen atoms in total. The molecule has 0 aliphatic carbocycles. The van der Waals surface area contributed by atoms with E-state index in [9.17, 15) is 22.0 Å². The predicted molar refractivity (Wildman–Crippen MR) is 49.7 cm³/mol. The zero-order chi connectivity index (χ0) is 12.4. The van der Waals surface area contributed by atoms with Crippen LogP contribution in [-0.2, 0) is 24.4 Å². The number of hydrogen-bond donors (Lipinski definition) is 1. The summed E-state index contributed by atoms with van der Waals surface area (Å²) in [6.07, 6.45) is -1.22. The molecule has 0 saturated carbocycles. The van der Waals surface area contributed by atoms with Crippen LogP contribution in [0.2, 0.25) is 0 Å². The van der Waals surface area contributed by atoms with Crippen molar-refractivity contribution in [3.63, 3.8) is 0 Å². The Morgan fingerprint density at radius 2 is 2.19 bits per heavy atom. The number of thioether (sulfide) groups is 1. The molecule has 1 heterocycles. The molecule has 1 saturated heterocycles. The molecule has 0 aromatic rings. The van der Waals surface area contributed by atoms with Crippen molar-refractivity contribution in [2.45, 2.75) is 11.5 Å². The van der Waals surface area contributed by atoms with Gasteiger partial charge in [-0.1, -0.05) is 0 Å². The van der Waals surface area contributed by atoms with Crippen molar-refractivity contribution in [1.29, 1.82) is 0 Å². The van der Waals surface area contributed by atoms with E-state index in [1.54, 1.807) is 0 Å². The van der Waals surface area contributed by atoms with E-state index in [0.717, 1.165) is 0 Å². The molecule has 94 valence electrons. The fourth-order valence-corrected chi connectivity index (χ4v) is 1.82. The van der Waals surface area contributed by atoms with Gasteiger partial charge in [0.2, 0.25) is 6.29 Å². The Hall–Kier alpha value is -0.450. The van der Waals surface area contributed by atoms with Crippen LogP contribution >= 0.6 is 11.8 Å². The van der Waals surface area contributed by atoms with E-state index in [1.165, 1.54) is 11.8 Å². The maximum Gasteiger partial charge on any atom is 0.465 e. The van der Waals surface area contributed by atoms with Gasteiger partial charge in [0, 0.05) is 5.75 Å². The lowest BCUT2D eigenvalue weighted by molar-refractivity contribution is -0.190. The Bertz CT molecular complexity index is 361. The summed E-state index contributed by atoms with van der Waals surface area (Å²) in [7, 11) is -5.82. The van der Waals surface area contributed by atoms with Gasteiger partial charge in [-0.25, -0.2) is 4.79 Å². The third-order valence-corrected chi connectivity index (χ3v) is 3.36. The van der Waals surface area contributed by atoms with E-state index in [-0.39, 0.29) is 12.4 Å². The number of rotatable bonds is 3. The predicted octanol–water partition coefficient (Wildman–Crippen LogP) is 0.0997. The summed E-state index contributed by atoms with van der Waals surface area (Å²) in [5.41, 5.74) is 0. The number of alkyl halides is 2. The Morgan fingerprint density at radius 3 is 2.62 bits per heavy atom. The van der Waals surface area contributed by atoms with Crippen LogP contribution in [-0.4, -0.2) is 48.6 Å². The summed E-state index contributed by atoms with van der Waals surface area (Å²) in [5.74, 6) is -1.58. The maximum atomic E-state index is 12.7. The molecule has 0 bridgehead atoms. The minimum absolute atomic E-state index is 0.132. The average Bonchev–Trinajstić information content (AvgIpc) is 2.17. The summed E-state index contributed by atoms with van der Waals surface area (Å²) in [6.45, 7) is 0.208. The summed E-state index contributed by atoms with van der Waals surface area (Å²) in [4.78, 5) is 10.8. The second-order valence-electron chi connectivity index (χ2n) is 2.77. The molecule has 0 aromatic heterocycles. The number of hydrogen-bond acceptors (Lipinski definition) is 6. The largest absolute Gasteiger partial charge is 0.465 e. The normalized spacial score (nSPS) is 22.8. The van der Waals surface area contributed by atoms with Crippen LogP contribution < -0.4 is 0 Å². The zero-order valence-electron chi connectivity index (χ0n) is 7.76. The molecule has 10 heteroatoms. The van der Waals surface area contributed by atoms with Gasteiger partial charge in [-0.15, -0.1) is 0 Å². The highest BCUT2D eigenvalue weighted by Crippen LogP contribution is 2.24. The molecule has 0 spiro atoms. The monoisotopic (exact) mass is 278 g/mol. The van der Waals surface area contributed by atoms with Gasteiger partial charge in [-0.05, 0) is 0 Å². The number of halogens is 2. The summed E-state index contributed by atoms with van der Waals surface area (Å²) >= 11 is 1.30. The van der Waals surface area contributed by atoms with Crippen LogP contribution in [0.15, 0.2) is 0 Å². The summed E-state index contributed by atoms with van der Waals surface area (Å²) < 4.78 is 62.8. The minimum atomic E-state index is -5.82. The molecule has 1 fully saturated rings. The average molecular weight is 278 g/mol. The first-order valence-corrected chi connectivity index (χ1v) is 6.60. The van der Waals surface area contributed by atoms with Crippen LogP contribution in [0.3, 0.4) is 0 Å². The molecule has 1 aliphatic heterocycles. The second kappa shape index (κ2) is 4.82. The van der Waals surface area contributed by atoms with Gasteiger partial charge in [0.15, 0.2) is 0 Å². The van der Waals surface area contributed by atoms with Crippen LogP contribution in [0.4, 0.5) is 8.78 Å². The third-order valence-electron chi connectivity index (χ3n) is 1.59. The molecule has 0 aromatic carbocycles. The van der Waals surface area contributed by atoms with E-state index < -0.39 is 27.6 Å². The number of ether oxygens (including phenoxy) is 2. The molecule has 1 atom stereocenters. The molecule has 16 heavy (non-hydrogen) atoms. The van der Waals surface area contributed by atoms with Gasteiger partial charge in [0.25, 0.3) is 0 Å². The van der Waals surface area contributed by atoms with E-state index in [0.29, 0.717) is 5.75 Å². The van der Waals surface area contributed by atoms with Crippen molar-refractivity contribution in [3.05, 3.63) is 0 Å². The van der Waals surface area contributed by atoms with Gasteiger partial charge in [0.1, 0.15) is 0 Å². The van der Waals surface area contributed by atoms with Crippen LogP contribution in [0.25, 0.3) is 0 Å². The van der Waals surface area contributed by atoms with Crippen LogP contribution in [0, 0.1) is 0 Å². The van der Waals surface area contributed by atoms with Gasteiger partial charge in [0.05, 0.1) is 12.4 Å². The number of carbonyl (C=O) groups excluding carboxylic acids is 1. The molecule has 1 rings (SSSR count). The quantitative estimate of drug-likeness (QED) is 0.578. The maximum absolute atomic E-state index is 12.7. The van der Waals surface area contributed by atoms with Crippen molar-refractivity contribution < 1.29 is 36.0 Å². The van der Waals surface area contributed by atoms with Crippen molar-refractivity contribution in [2.24, 2.45) is 0 Å². The lowest BCUT2D eigenvalue weighted by Crippen LogP contribution is -2.42. The molecule has 0 amide bonds. The fourth-order valence-electron chi connectivity index (χ4n) is 0.827. The minimum Gasteiger partial charge on any atom is -0.429 e. The van der Waals surface area contributed by atoms with Crippen LogP contribution in [0.5, 0.6) is 0 Å². The first-order chi connectivity index (χ1) is 7.25. The van der Waals surface area contributed by atoms with Crippen molar-refractivity contribution >= 4 is 27.8 Å². The number of carbonyl (C=O) groups is 1. The second-order valence-corrected chi connectivity index (χ2v) is 5.39. The number of esters is 1. The Kier molecular flexibility index (Phi) is 4.10. The lowest BCUT2D eigenvalue weighted by atomic mass is 10.6. The Morgan fingerprint density at radius 1 is 1.56 bits per heavy atom. The first-order valence-electron chi connectivity index (χ1n) is 4.00. The molecule has 1 unspecified atom stereocenters. The van der Waals surface area contributed by atoms with Gasteiger partial charge < -0.3 is 9.47 Å². The van der Waals surface area contributed by atoms with Crippen LogP contribution in [0.1, 0.15) is 0 Å². The molecule has 1 aliphatic rings. The molecule has 1 N–H and O–H groups in total. The fraction of sp³-hybridized carbons (Fsp3) is 0.833. The van der Waals surface area contributed by atoms with Crippen molar-refractivity contribution in [2.75, 3.05) is 18.1 Å². The summed E-state index contributed by atoms with van der Waals surface area (Å²) in [5, 5.41) is -4.97. The highest BCUT2D eigenvalue weighted by molar-refractivity contribution is 7.99. The van der Waals surface area contributed by atoms with E-state index in [4.69, 9.17) is 9.29 Å². The van der Waals surface area contributed by atoms with Gasteiger partial charge >= 0.3 is 21.3 Å². The zero-order valence-corrected chi connectivity index (χ0v) is 9.39. The highest BCUT2D eigenvalue weighted by atomic mass is 32.2.